The Balaban J connectivity index is 1.51. The van der Waals surface area contributed by atoms with Crippen LogP contribution in [0.15, 0.2) is 48.8 Å². The molecule has 38 heavy (non-hydrogen) atoms. The molecule has 198 valence electrons. The van der Waals surface area contributed by atoms with Gasteiger partial charge in [0.2, 0.25) is 0 Å². The van der Waals surface area contributed by atoms with Crippen LogP contribution in [0.5, 0.6) is 5.75 Å². The number of imidazole rings is 1. The molecule has 2 aliphatic heterocycles. The summed E-state index contributed by atoms with van der Waals surface area (Å²) >= 11 is 0. The van der Waals surface area contributed by atoms with Gasteiger partial charge in [0.1, 0.15) is 23.3 Å². The molecule has 0 aliphatic carbocycles. The van der Waals surface area contributed by atoms with Crippen molar-refractivity contribution in [3.8, 4) is 16.9 Å². The van der Waals surface area contributed by atoms with Crippen LogP contribution in [0.1, 0.15) is 61.3 Å². The van der Waals surface area contributed by atoms with Crippen molar-refractivity contribution in [2.45, 2.75) is 56.9 Å². The zero-order valence-corrected chi connectivity index (χ0v) is 20.1. The number of rotatable bonds is 4. The maximum Gasteiger partial charge on any atom is 0.418 e. The predicted molar refractivity (Wildman–Crippen MR) is 124 cm³/mol. The van der Waals surface area contributed by atoms with Crippen molar-refractivity contribution < 1.29 is 36.5 Å². The Morgan fingerprint density at radius 1 is 1.08 bits per heavy atom. The molecule has 4 heterocycles. The molecule has 12 heteroatoms. The Kier molecular flexibility index (Phi) is 5.48. The van der Waals surface area contributed by atoms with E-state index in [9.17, 15) is 27.1 Å². The second-order valence-electron chi connectivity index (χ2n) is 9.83. The predicted octanol–water partition coefficient (Wildman–Crippen LogP) is 5.99. The zero-order valence-electron chi connectivity index (χ0n) is 20.1. The molecule has 7 nitrogen and oxygen atoms in total. The smallest absolute Gasteiger partial charge is 0.418 e. The van der Waals surface area contributed by atoms with Gasteiger partial charge in [0.05, 0.1) is 17.1 Å². The molecule has 0 radical (unpaired) electrons. The number of ether oxygens (including phenoxy) is 2. The summed E-state index contributed by atoms with van der Waals surface area (Å²) in [5.74, 6) is 0.196. The Morgan fingerprint density at radius 2 is 1.82 bits per heavy atom. The lowest BCUT2D eigenvalue weighted by molar-refractivity contribution is -0.237. The number of nitrogens with zero attached hydrogens (tertiary/aromatic N) is 4. The van der Waals surface area contributed by atoms with Gasteiger partial charge in [-0.3, -0.25) is 0 Å². The Hall–Kier alpha value is -3.64. The van der Waals surface area contributed by atoms with Gasteiger partial charge in [-0.15, -0.1) is 0 Å². The highest BCUT2D eigenvalue weighted by Crippen LogP contribution is 2.55. The van der Waals surface area contributed by atoms with Crippen molar-refractivity contribution in [3.05, 3.63) is 71.6 Å². The van der Waals surface area contributed by atoms with Crippen molar-refractivity contribution >= 4 is 11.0 Å². The number of halogens is 5. The minimum absolute atomic E-state index is 0.000980. The summed E-state index contributed by atoms with van der Waals surface area (Å²) in [6, 6.07) is 8.23. The van der Waals surface area contributed by atoms with E-state index in [1.807, 2.05) is 0 Å². The van der Waals surface area contributed by atoms with Crippen molar-refractivity contribution in [2.75, 3.05) is 0 Å². The van der Waals surface area contributed by atoms with Crippen LogP contribution in [-0.2, 0) is 10.3 Å². The Bertz CT molecular complexity index is 1530. The van der Waals surface area contributed by atoms with Gasteiger partial charge in [-0.2, -0.15) is 22.0 Å². The van der Waals surface area contributed by atoms with E-state index in [-0.39, 0.29) is 34.9 Å². The molecule has 1 N–H and O–H groups in total. The van der Waals surface area contributed by atoms with Crippen LogP contribution in [-0.4, -0.2) is 37.4 Å². The highest BCUT2D eigenvalue weighted by Gasteiger charge is 2.51. The third-order valence-corrected chi connectivity index (χ3v) is 6.82. The highest BCUT2D eigenvalue weighted by molar-refractivity contribution is 5.83. The molecule has 0 unspecified atom stereocenters. The summed E-state index contributed by atoms with van der Waals surface area (Å²) < 4.78 is 80.8. The van der Waals surface area contributed by atoms with Crippen LogP contribution in [0, 0.1) is 0 Å². The fourth-order valence-electron chi connectivity index (χ4n) is 5.25. The average Bonchev–Trinajstić information content (AvgIpc) is 3.31. The molecule has 0 amide bonds. The van der Waals surface area contributed by atoms with Gasteiger partial charge in [-0.1, -0.05) is 18.2 Å². The second-order valence-corrected chi connectivity index (χ2v) is 9.83. The minimum atomic E-state index is -4.78. The van der Waals surface area contributed by atoms with Crippen LogP contribution in [0.25, 0.3) is 22.2 Å². The Morgan fingerprint density at radius 3 is 2.47 bits per heavy atom. The SMILES string of the molecule is CC(C)(O)c1ncc(-c2ccc3nc4n(c3c2)[C@@H]2C[C@H]4O[C@H](C(F)(F)F)c3cccc(OC(F)F)c32)cn1. The number of aromatic nitrogens is 4. The molecule has 6 rings (SSSR count). The minimum Gasteiger partial charge on any atom is -0.434 e. The molecule has 2 bridgehead atoms. The first-order chi connectivity index (χ1) is 17.9. The van der Waals surface area contributed by atoms with Crippen LogP contribution in [0.2, 0.25) is 0 Å². The van der Waals surface area contributed by atoms with Gasteiger partial charge in [0, 0.05) is 29.9 Å². The van der Waals surface area contributed by atoms with E-state index < -0.39 is 36.6 Å². The largest absolute Gasteiger partial charge is 0.434 e. The van der Waals surface area contributed by atoms with Crippen molar-refractivity contribution in [1.82, 2.24) is 19.5 Å². The lowest BCUT2D eigenvalue weighted by Crippen LogP contribution is -2.26. The van der Waals surface area contributed by atoms with Gasteiger partial charge in [-0.25, -0.2) is 15.0 Å². The van der Waals surface area contributed by atoms with E-state index in [0.717, 1.165) is 0 Å². The second kappa shape index (κ2) is 8.43. The fourth-order valence-corrected chi connectivity index (χ4v) is 5.25. The lowest BCUT2D eigenvalue weighted by Gasteiger charge is -2.27. The fraction of sp³-hybridized carbons (Fsp3) is 0.346. The average molecular weight is 532 g/mol. The zero-order chi connectivity index (χ0) is 27.0. The number of hydrogen-bond donors (Lipinski definition) is 1. The van der Waals surface area contributed by atoms with E-state index in [1.165, 1.54) is 18.2 Å². The number of alkyl halides is 5. The molecule has 2 aliphatic rings. The summed E-state index contributed by atoms with van der Waals surface area (Å²) in [5, 5.41) is 10.1. The molecule has 0 saturated carbocycles. The molecule has 0 fully saturated rings. The van der Waals surface area contributed by atoms with Crippen molar-refractivity contribution in [3.63, 3.8) is 0 Å². The maximum atomic E-state index is 14.1. The molecular weight excluding hydrogens is 511 g/mol. The van der Waals surface area contributed by atoms with Gasteiger partial charge >= 0.3 is 12.8 Å². The summed E-state index contributed by atoms with van der Waals surface area (Å²) in [6.07, 6.45) is -4.90. The van der Waals surface area contributed by atoms with E-state index in [1.54, 1.807) is 49.0 Å². The standard InChI is InChI=1S/C26H21F5N4O3/c1-25(2,36)23-32-10-13(11-33-23)12-6-7-15-16(8-12)35-17-9-19(22(35)34-15)37-21(26(29,30)31)14-4-3-5-18(20(14)17)38-24(27)28/h3-8,10-11,17,19,21,24,36H,9H2,1-2H3/t17-,19-,21+/m1/s1. The molecule has 4 aromatic rings. The van der Waals surface area contributed by atoms with Gasteiger partial charge < -0.3 is 19.1 Å². The van der Waals surface area contributed by atoms with E-state index >= 15 is 0 Å². The summed E-state index contributed by atoms with van der Waals surface area (Å²) in [5.41, 5.74) is 0.960. The maximum absolute atomic E-state index is 14.1. The third-order valence-electron chi connectivity index (χ3n) is 6.82. The van der Waals surface area contributed by atoms with Gasteiger partial charge in [0.15, 0.2) is 11.9 Å². The van der Waals surface area contributed by atoms with E-state index in [0.29, 0.717) is 22.2 Å². The number of fused-ring (bicyclic) bond motifs is 9. The number of hydrogen-bond acceptors (Lipinski definition) is 6. The summed E-state index contributed by atoms with van der Waals surface area (Å²) in [4.78, 5) is 13.0. The molecule has 0 saturated heterocycles. The Labute approximate surface area is 212 Å². The quantitative estimate of drug-likeness (QED) is 0.325. The van der Waals surface area contributed by atoms with Crippen LogP contribution >= 0.6 is 0 Å². The topological polar surface area (TPSA) is 82.3 Å². The first-order valence-corrected chi connectivity index (χ1v) is 11.8. The first kappa shape index (κ1) is 24.7. The van der Waals surface area contributed by atoms with Crippen LogP contribution in [0.3, 0.4) is 0 Å². The number of aliphatic hydroxyl groups is 1. The summed E-state index contributed by atoms with van der Waals surface area (Å²) in [7, 11) is 0. The van der Waals surface area contributed by atoms with E-state index in [4.69, 9.17) is 4.74 Å². The first-order valence-electron chi connectivity index (χ1n) is 11.8. The molecule has 3 atom stereocenters. The summed E-state index contributed by atoms with van der Waals surface area (Å²) in [6.45, 7) is -0.0800. The normalized spacial score (nSPS) is 20.9. The van der Waals surface area contributed by atoms with Crippen LogP contribution in [0.4, 0.5) is 22.0 Å². The van der Waals surface area contributed by atoms with Crippen molar-refractivity contribution in [2.24, 2.45) is 0 Å². The lowest BCUT2D eigenvalue weighted by atomic mass is 9.94. The third kappa shape index (κ3) is 3.99. The van der Waals surface area contributed by atoms with Gasteiger partial charge in [0.25, 0.3) is 0 Å². The number of benzene rings is 2. The van der Waals surface area contributed by atoms with E-state index in [2.05, 4.69) is 19.7 Å². The molecule has 2 aromatic carbocycles. The van der Waals surface area contributed by atoms with Crippen molar-refractivity contribution in [1.29, 1.82) is 0 Å². The molecule has 0 spiro atoms. The monoisotopic (exact) mass is 532 g/mol. The van der Waals surface area contributed by atoms with Crippen LogP contribution < -0.4 is 4.74 Å². The van der Waals surface area contributed by atoms with Gasteiger partial charge in [-0.05, 0) is 43.2 Å². The highest BCUT2D eigenvalue weighted by atomic mass is 19.4. The molecule has 2 aromatic heterocycles. The molecular formula is C26H21F5N4O3.